The molecule has 1 heterocycles. The first-order valence-electron chi connectivity index (χ1n) is 8.16. The summed E-state index contributed by atoms with van der Waals surface area (Å²) in [7, 11) is 3.15. The molecule has 0 aliphatic carbocycles. The van der Waals surface area contributed by atoms with Gasteiger partial charge in [-0.3, -0.25) is 9.59 Å². The first-order chi connectivity index (χ1) is 12.6. The average molecular weight is 378 g/mol. The van der Waals surface area contributed by atoms with E-state index in [1.165, 1.54) is 11.3 Å². The first-order valence-corrected chi connectivity index (χ1v) is 9.04. The van der Waals surface area contributed by atoms with Crippen molar-refractivity contribution in [2.24, 2.45) is 0 Å². The third kappa shape index (κ3) is 5.45. The van der Waals surface area contributed by atoms with Crippen LogP contribution in [0.3, 0.4) is 0 Å². The predicted octanol–water partition coefficient (Wildman–Crippen LogP) is 2.44. The summed E-state index contributed by atoms with van der Waals surface area (Å²) in [5.74, 6) is 0.461. The number of esters is 1. The molecule has 1 amide bonds. The molecule has 1 aromatic heterocycles. The van der Waals surface area contributed by atoms with Gasteiger partial charge in [0.05, 0.1) is 26.3 Å². The molecule has 140 valence electrons. The lowest BCUT2D eigenvalue weighted by atomic mass is 10.2. The molecular weight excluding hydrogens is 356 g/mol. The van der Waals surface area contributed by atoms with E-state index in [1.807, 2.05) is 19.1 Å². The van der Waals surface area contributed by atoms with Gasteiger partial charge in [-0.2, -0.15) is 0 Å². The van der Waals surface area contributed by atoms with Crippen LogP contribution in [0.15, 0.2) is 23.6 Å². The first kappa shape index (κ1) is 19.7. The Labute approximate surface area is 156 Å². The standard InChI is InChI=1S/C18H22N2O5S/c1-4-7-19-16(21)10-25-17(22)9-13-11-26-18(20-13)12-5-6-14(23-2)15(8-12)24-3/h5-6,8,11H,4,7,9-10H2,1-3H3,(H,19,21). The molecule has 0 unspecified atom stereocenters. The lowest BCUT2D eigenvalue weighted by Crippen LogP contribution is -2.29. The fourth-order valence-corrected chi connectivity index (χ4v) is 2.97. The highest BCUT2D eigenvalue weighted by Gasteiger charge is 2.13. The van der Waals surface area contributed by atoms with Crippen LogP contribution < -0.4 is 14.8 Å². The van der Waals surface area contributed by atoms with Gasteiger partial charge >= 0.3 is 5.97 Å². The average Bonchev–Trinajstić information content (AvgIpc) is 3.12. The number of amides is 1. The molecule has 2 rings (SSSR count). The van der Waals surface area contributed by atoms with E-state index in [-0.39, 0.29) is 18.9 Å². The van der Waals surface area contributed by atoms with Crippen LogP contribution in [-0.4, -0.2) is 44.2 Å². The maximum Gasteiger partial charge on any atom is 0.312 e. The zero-order chi connectivity index (χ0) is 18.9. The number of thiazole rings is 1. The van der Waals surface area contributed by atoms with Crippen LogP contribution in [0.1, 0.15) is 19.0 Å². The van der Waals surface area contributed by atoms with Crippen LogP contribution >= 0.6 is 11.3 Å². The molecule has 2 aromatic rings. The second-order valence-corrected chi connectivity index (χ2v) is 6.26. The summed E-state index contributed by atoms with van der Waals surface area (Å²) in [6.07, 6.45) is 0.849. The number of nitrogens with zero attached hydrogens (tertiary/aromatic N) is 1. The zero-order valence-electron chi connectivity index (χ0n) is 15.0. The van der Waals surface area contributed by atoms with E-state index in [0.717, 1.165) is 17.0 Å². The zero-order valence-corrected chi connectivity index (χ0v) is 15.9. The number of carbonyl (C=O) groups excluding carboxylic acids is 2. The number of hydrogen-bond acceptors (Lipinski definition) is 7. The molecule has 0 atom stereocenters. The number of ether oxygens (including phenoxy) is 3. The van der Waals surface area contributed by atoms with Crippen molar-refractivity contribution in [3.05, 3.63) is 29.3 Å². The molecule has 0 radical (unpaired) electrons. The summed E-state index contributed by atoms with van der Waals surface area (Å²) in [5.41, 5.74) is 1.46. The van der Waals surface area contributed by atoms with Gasteiger partial charge in [0.1, 0.15) is 5.01 Å². The maximum atomic E-state index is 11.8. The Morgan fingerprint density at radius 2 is 1.96 bits per heavy atom. The van der Waals surface area contributed by atoms with Crippen molar-refractivity contribution in [3.63, 3.8) is 0 Å². The van der Waals surface area contributed by atoms with E-state index in [1.54, 1.807) is 25.7 Å². The topological polar surface area (TPSA) is 86.8 Å². The molecule has 8 heteroatoms. The minimum absolute atomic E-state index is 0.0187. The van der Waals surface area contributed by atoms with Crippen molar-refractivity contribution < 1.29 is 23.8 Å². The second-order valence-electron chi connectivity index (χ2n) is 5.40. The van der Waals surface area contributed by atoms with E-state index in [9.17, 15) is 9.59 Å². The van der Waals surface area contributed by atoms with Crippen molar-refractivity contribution in [1.82, 2.24) is 10.3 Å². The Morgan fingerprint density at radius 1 is 1.19 bits per heavy atom. The Bertz CT molecular complexity index is 760. The Hall–Kier alpha value is -2.61. The SMILES string of the molecule is CCCNC(=O)COC(=O)Cc1csc(-c2ccc(OC)c(OC)c2)n1. The highest BCUT2D eigenvalue weighted by Crippen LogP contribution is 2.33. The van der Waals surface area contributed by atoms with E-state index >= 15 is 0 Å². The minimum Gasteiger partial charge on any atom is -0.493 e. The number of carbonyl (C=O) groups is 2. The smallest absolute Gasteiger partial charge is 0.312 e. The van der Waals surface area contributed by atoms with Crippen LogP contribution in [0.2, 0.25) is 0 Å². The van der Waals surface area contributed by atoms with Gasteiger partial charge in [-0.1, -0.05) is 6.92 Å². The molecule has 0 aliphatic rings. The summed E-state index contributed by atoms with van der Waals surface area (Å²) in [5, 5.41) is 5.20. The van der Waals surface area contributed by atoms with Crippen molar-refractivity contribution in [2.75, 3.05) is 27.4 Å². The normalized spacial score (nSPS) is 10.3. The van der Waals surface area contributed by atoms with E-state index in [0.29, 0.717) is 23.7 Å². The third-order valence-corrected chi connectivity index (χ3v) is 4.38. The summed E-state index contributed by atoms with van der Waals surface area (Å²) < 4.78 is 15.5. The quantitative estimate of drug-likeness (QED) is 0.675. The van der Waals surface area contributed by atoms with Gasteiger partial charge in [0.15, 0.2) is 18.1 Å². The van der Waals surface area contributed by atoms with Crippen LogP contribution in [0, 0.1) is 0 Å². The van der Waals surface area contributed by atoms with Crippen molar-refractivity contribution in [3.8, 4) is 22.1 Å². The molecular formula is C18H22N2O5S. The van der Waals surface area contributed by atoms with Crippen LogP contribution in [-0.2, 0) is 20.7 Å². The minimum atomic E-state index is -0.485. The van der Waals surface area contributed by atoms with Crippen molar-refractivity contribution >= 4 is 23.2 Å². The fraction of sp³-hybridized carbons (Fsp3) is 0.389. The van der Waals surface area contributed by atoms with Gasteiger partial charge in [0.2, 0.25) is 0 Å². The van der Waals surface area contributed by atoms with E-state index < -0.39 is 5.97 Å². The molecule has 0 fully saturated rings. The summed E-state index contributed by atoms with van der Waals surface area (Å²) in [4.78, 5) is 27.7. The highest BCUT2D eigenvalue weighted by atomic mass is 32.1. The number of aromatic nitrogens is 1. The molecule has 26 heavy (non-hydrogen) atoms. The molecule has 1 N–H and O–H groups in total. The van der Waals surface area contributed by atoms with E-state index in [2.05, 4.69) is 10.3 Å². The summed E-state index contributed by atoms with van der Waals surface area (Å²) in [6, 6.07) is 5.51. The number of rotatable bonds is 9. The number of methoxy groups -OCH3 is 2. The van der Waals surface area contributed by atoms with Gasteiger partial charge in [0, 0.05) is 17.5 Å². The molecule has 7 nitrogen and oxygen atoms in total. The molecule has 0 spiro atoms. The van der Waals surface area contributed by atoms with Crippen LogP contribution in [0.4, 0.5) is 0 Å². The molecule has 1 aromatic carbocycles. The second kappa shape index (κ2) is 9.76. The third-order valence-electron chi connectivity index (χ3n) is 3.44. The Balaban J connectivity index is 1.95. The lowest BCUT2D eigenvalue weighted by Gasteiger charge is -2.08. The number of hydrogen-bond donors (Lipinski definition) is 1. The monoisotopic (exact) mass is 378 g/mol. The van der Waals surface area contributed by atoms with Gasteiger partial charge in [0.25, 0.3) is 5.91 Å². The van der Waals surface area contributed by atoms with Gasteiger partial charge < -0.3 is 19.5 Å². The number of benzene rings is 1. The summed E-state index contributed by atoms with van der Waals surface area (Å²) in [6.45, 7) is 2.24. The molecule has 0 saturated heterocycles. The van der Waals surface area contributed by atoms with Crippen molar-refractivity contribution in [1.29, 1.82) is 0 Å². The lowest BCUT2D eigenvalue weighted by molar-refractivity contribution is -0.147. The Kier molecular flexibility index (Phi) is 7.40. The molecule has 0 aliphatic heterocycles. The Morgan fingerprint density at radius 3 is 2.65 bits per heavy atom. The summed E-state index contributed by atoms with van der Waals surface area (Å²) >= 11 is 1.42. The van der Waals surface area contributed by atoms with Crippen LogP contribution in [0.5, 0.6) is 11.5 Å². The maximum absolute atomic E-state index is 11.8. The van der Waals surface area contributed by atoms with Gasteiger partial charge in [-0.05, 0) is 24.6 Å². The molecule has 0 bridgehead atoms. The predicted molar refractivity (Wildman–Crippen MR) is 98.6 cm³/mol. The van der Waals surface area contributed by atoms with E-state index in [4.69, 9.17) is 14.2 Å². The number of nitrogens with one attached hydrogen (secondary N) is 1. The highest BCUT2D eigenvalue weighted by molar-refractivity contribution is 7.13. The van der Waals surface area contributed by atoms with Gasteiger partial charge in [-0.25, -0.2) is 4.98 Å². The van der Waals surface area contributed by atoms with Gasteiger partial charge in [-0.15, -0.1) is 11.3 Å². The largest absolute Gasteiger partial charge is 0.493 e. The fourth-order valence-electron chi connectivity index (χ4n) is 2.15. The van der Waals surface area contributed by atoms with Crippen LogP contribution in [0.25, 0.3) is 10.6 Å². The van der Waals surface area contributed by atoms with Crippen molar-refractivity contribution in [2.45, 2.75) is 19.8 Å². The molecule has 0 saturated carbocycles.